The van der Waals surface area contributed by atoms with Crippen LogP contribution < -0.4 is 10.6 Å². The van der Waals surface area contributed by atoms with E-state index in [-0.39, 0.29) is 5.66 Å². The van der Waals surface area contributed by atoms with Crippen molar-refractivity contribution in [2.75, 3.05) is 6.61 Å². The number of hydrogen-bond donors (Lipinski definition) is 0. The van der Waals surface area contributed by atoms with E-state index in [2.05, 4.69) is 19.6 Å². The molecule has 156 valence electrons. The molecule has 0 saturated carbocycles. The van der Waals surface area contributed by atoms with E-state index in [1.807, 2.05) is 91.0 Å². The van der Waals surface area contributed by atoms with Gasteiger partial charge in [0.15, 0.2) is 21.2 Å². The molecule has 0 aromatic heterocycles. The summed E-state index contributed by atoms with van der Waals surface area (Å²) in [4.78, 5) is 0. The van der Waals surface area contributed by atoms with E-state index in [4.69, 9.17) is 9.16 Å². The van der Waals surface area contributed by atoms with Crippen LogP contribution in [0.5, 0.6) is 0 Å². The van der Waals surface area contributed by atoms with E-state index >= 15 is 4.57 Å². The molecule has 0 N–H and O–H groups in total. The highest BCUT2D eigenvalue weighted by Crippen LogP contribution is 2.60. The summed E-state index contributed by atoms with van der Waals surface area (Å²) in [6, 6.07) is 29.8. The highest BCUT2D eigenvalue weighted by Gasteiger charge is 2.57. The lowest BCUT2D eigenvalue weighted by molar-refractivity contribution is -0.161. The van der Waals surface area contributed by atoms with E-state index < -0.39 is 21.2 Å². The van der Waals surface area contributed by atoms with Gasteiger partial charge in [-0.2, -0.15) is 0 Å². The zero-order valence-corrected chi connectivity index (χ0v) is 19.7. The molecule has 1 fully saturated rings. The van der Waals surface area contributed by atoms with Gasteiger partial charge in [-0.3, -0.25) is 0 Å². The molecule has 3 aromatic carbocycles. The van der Waals surface area contributed by atoms with Gasteiger partial charge in [0, 0.05) is 16.2 Å². The topological polar surface area (TPSA) is 35.5 Å². The minimum atomic E-state index is -3.07. The van der Waals surface area contributed by atoms with Crippen molar-refractivity contribution < 1.29 is 13.7 Å². The third-order valence-electron chi connectivity index (χ3n) is 5.50. The lowest BCUT2D eigenvalue weighted by atomic mass is 10.0. The number of rotatable bonds is 6. The Bertz CT molecular complexity index is 975. The van der Waals surface area contributed by atoms with Gasteiger partial charge in [-0.25, -0.2) is 0 Å². The van der Waals surface area contributed by atoms with Crippen molar-refractivity contribution in [3.05, 3.63) is 96.6 Å². The molecule has 0 spiro atoms. The molecule has 2 atom stereocenters. The predicted molar refractivity (Wildman–Crippen MR) is 127 cm³/mol. The Morgan fingerprint density at radius 1 is 0.833 bits per heavy atom. The summed E-state index contributed by atoms with van der Waals surface area (Å²) in [5.74, 6) is -1.02. The smallest absolute Gasteiger partial charge is 0.196 e. The van der Waals surface area contributed by atoms with E-state index in [0.29, 0.717) is 13.0 Å². The first-order valence-corrected chi connectivity index (χ1v) is 15.7. The van der Waals surface area contributed by atoms with Crippen molar-refractivity contribution >= 4 is 26.1 Å². The average molecular weight is 437 g/mol. The van der Waals surface area contributed by atoms with Crippen LogP contribution in [0.1, 0.15) is 12.0 Å². The van der Waals surface area contributed by atoms with Crippen LogP contribution in [0.3, 0.4) is 0 Å². The van der Waals surface area contributed by atoms with E-state index in [0.717, 1.165) is 16.2 Å². The van der Waals surface area contributed by atoms with E-state index in [9.17, 15) is 0 Å². The van der Waals surface area contributed by atoms with Gasteiger partial charge < -0.3 is 13.7 Å². The zero-order valence-electron chi connectivity index (χ0n) is 17.8. The lowest BCUT2D eigenvalue weighted by Crippen LogP contribution is -2.48. The number of hydrogen-bond acceptors (Lipinski definition) is 3. The van der Waals surface area contributed by atoms with Gasteiger partial charge in [0.05, 0.1) is 12.3 Å². The second-order valence-electron chi connectivity index (χ2n) is 8.73. The van der Waals surface area contributed by atoms with Crippen molar-refractivity contribution in [1.82, 2.24) is 0 Å². The van der Waals surface area contributed by atoms with Gasteiger partial charge in [0.1, 0.15) is 0 Å². The zero-order chi connectivity index (χ0) is 21.2. The summed E-state index contributed by atoms with van der Waals surface area (Å²) in [6.07, 6.45) is 0.681. The molecule has 1 heterocycles. The SMILES string of the molecule is C[Si](C)(C)O[C@]1(c2ccccc2)OCC[C@@H]1P(=O)(c1ccccc1)c1ccccc1. The van der Waals surface area contributed by atoms with Crippen molar-refractivity contribution in [3.63, 3.8) is 0 Å². The summed E-state index contributed by atoms with van der Waals surface area (Å²) in [5.41, 5.74) is 0.644. The standard InChI is InChI=1S/C25H29O3PSi/c1-30(2,3)28-25(21-13-7-4-8-14-21)24(19-20-27-25)29(26,22-15-9-5-10-16-22)23-17-11-6-12-18-23/h4-18,24H,19-20H2,1-3H3/t24-,25-/m0/s1. The van der Waals surface area contributed by atoms with Gasteiger partial charge in [0.25, 0.3) is 0 Å². The predicted octanol–water partition coefficient (Wildman–Crippen LogP) is 5.49. The Hall–Kier alpha value is -1.97. The Labute approximate surface area is 180 Å². The third kappa shape index (κ3) is 3.86. The molecule has 0 aliphatic carbocycles. The van der Waals surface area contributed by atoms with Gasteiger partial charge in [0.2, 0.25) is 0 Å². The maximum Gasteiger partial charge on any atom is 0.196 e. The largest absolute Gasteiger partial charge is 0.387 e. The minimum absolute atomic E-state index is 0.302. The first-order chi connectivity index (χ1) is 14.4. The molecule has 30 heavy (non-hydrogen) atoms. The molecule has 0 bridgehead atoms. The third-order valence-corrected chi connectivity index (χ3v) is 10.0. The average Bonchev–Trinajstić information content (AvgIpc) is 3.18. The van der Waals surface area contributed by atoms with Crippen LogP contribution in [-0.4, -0.2) is 20.6 Å². The quantitative estimate of drug-likeness (QED) is 0.378. The van der Waals surface area contributed by atoms with Gasteiger partial charge in [-0.05, 0) is 26.1 Å². The first kappa shape index (κ1) is 21.3. The summed E-state index contributed by atoms with van der Waals surface area (Å²) in [5, 5.41) is 1.71. The molecule has 1 saturated heterocycles. The fourth-order valence-electron chi connectivity index (χ4n) is 4.39. The molecular weight excluding hydrogens is 407 g/mol. The van der Waals surface area contributed by atoms with Crippen LogP contribution in [0.15, 0.2) is 91.0 Å². The van der Waals surface area contributed by atoms with Crippen molar-refractivity contribution in [2.24, 2.45) is 0 Å². The van der Waals surface area contributed by atoms with Crippen molar-refractivity contribution in [3.8, 4) is 0 Å². The number of ether oxygens (including phenoxy) is 1. The van der Waals surface area contributed by atoms with Crippen molar-refractivity contribution in [2.45, 2.75) is 37.5 Å². The summed E-state index contributed by atoms with van der Waals surface area (Å²) in [6.45, 7) is 7.00. The fourth-order valence-corrected chi connectivity index (χ4v) is 9.19. The molecular formula is C25H29O3PSi. The molecule has 1 aliphatic heterocycles. The lowest BCUT2D eigenvalue weighted by Gasteiger charge is -2.42. The van der Waals surface area contributed by atoms with Crippen molar-refractivity contribution in [1.29, 1.82) is 0 Å². The van der Waals surface area contributed by atoms with Crippen LogP contribution in [0.25, 0.3) is 0 Å². The monoisotopic (exact) mass is 436 g/mol. The molecule has 3 nitrogen and oxygen atoms in total. The molecule has 3 aromatic rings. The second-order valence-corrected chi connectivity index (χ2v) is 16.1. The Morgan fingerprint density at radius 3 is 1.77 bits per heavy atom. The normalized spacial score (nSPS) is 22.2. The number of benzene rings is 3. The van der Waals surface area contributed by atoms with Gasteiger partial charge in [-0.15, -0.1) is 0 Å². The van der Waals surface area contributed by atoms with Crippen LogP contribution in [0.4, 0.5) is 0 Å². The molecule has 0 radical (unpaired) electrons. The summed E-state index contributed by atoms with van der Waals surface area (Å²) >= 11 is 0. The summed E-state index contributed by atoms with van der Waals surface area (Å²) in [7, 11) is -5.12. The second kappa shape index (κ2) is 8.28. The van der Waals surface area contributed by atoms with E-state index in [1.54, 1.807) is 0 Å². The Kier molecular flexibility index (Phi) is 5.87. The van der Waals surface area contributed by atoms with Gasteiger partial charge >= 0.3 is 0 Å². The summed E-state index contributed by atoms with van der Waals surface area (Å²) < 4.78 is 28.4. The highest BCUT2D eigenvalue weighted by molar-refractivity contribution is 7.79. The fraction of sp³-hybridized carbons (Fsp3) is 0.280. The maximum atomic E-state index is 15.1. The van der Waals surface area contributed by atoms with Crippen LogP contribution >= 0.6 is 7.14 Å². The maximum absolute atomic E-state index is 15.1. The minimum Gasteiger partial charge on any atom is -0.387 e. The van der Waals surface area contributed by atoms with E-state index in [1.165, 1.54) is 0 Å². The molecule has 0 amide bonds. The van der Waals surface area contributed by atoms with Crippen LogP contribution in [0, 0.1) is 0 Å². The van der Waals surface area contributed by atoms with Crippen LogP contribution in [-0.2, 0) is 19.5 Å². The molecule has 1 aliphatic rings. The molecule has 5 heteroatoms. The van der Waals surface area contributed by atoms with Gasteiger partial charge in [-0.1, -0.05) is 91.0 Å². The Balaban J connectivity index is 1.96. The highest BCUT2D eigenvalue weighted by atomic mass is 31.2. The molecule has 0 unspecified atom stereocenters. The first-order valence-electron chi connectivity index (χ1n) is 10.5. The molecule has 4 rings (SSSR count). The Morgan fingerprint density at radius 2 is 1.30 bits per heavy atom. The van der Waals surface area contributed by atoms with Crippen LogP contribution in [0.2, 0.25) is 19.6 Å².